The van der Waals surface area contributed by atoms with E-state index in [-0.39, 0.29) is 11.3 Å². The predicted octanol–water partition coefficient (Wildman–Crippen LogP) is 4.19. The highest BCUT2D eigenvalue weighted by Crippen LogP contribution is 2.66. The fourth-order valence-electron chi connectivity index (χ4n) is 8.89. The Hall–Kier alpha value is -3.49. The Kier molecular flexibility index (Phi) is 7.87. The summed E-state index contributed by atoms with van der Waals surface area (Å²) in [4.78, 5) is 69.0. The van der Waals surface area contributed by atoms with Crippen LogP contribution < -0.4 is 0 Å². The maximum Gasteiger partial charge on any atom is 0.191 e. The number of aliphatic hydroxyl groups excluding tert-OH is 1. The van der Waals surface area contributed by atoms with Crippen molar-refractivity contribution in [2.24, 2.45) is 34.5 Å². The molecule has 8 atom stereocenters. The number of Topliss-reactive ketones (excluding diaryl/α,β-unsaturated/α-hetero) is 5. The zero-order valence-electron chi connectivity index (χ0n) is 26.2. The summed E-state index contributed by atoms with van der Waals surface area (Å²) in [6.07, 6.45) is 1.29. The highest BCUT2D eigenvalue weighted by Gasteiger charge is 2.80. The second-order valence-electron chi connectivity index (χ2n) is 13.9. The molecule has 0 saturated heterocycles. The Labute approximate surface area is 257 Å². The summed E-state index contributed by atoms with van der Waals surface area (Å²) < 4.78 is 0. The summed E-state index contributed by atoms with van der Waals surface area (Å²) in [6, 6.07) is 13.5. The van der Waals surface area contributed by atoms with Crippen molar-refractivity contribution in [3.8, 4) is 5.75 Å². The zero-order chi connectivity index (χ0) is 32.5. The van der Waals surface area contributed by atoms with E-state index in [2.05, 4.69) is 12.1 Å². The van der Waals surface area contributed by atoms with E-state index in [9.17, 15) is 39.3 Å². The van der Waals surface area contributed by atoms with Crippen molar-refractivity contribution in [1.82, 2.24) is 0 Å². The van der Waals surface area contributed by atoms with Gasteiger partial charge in [-0.3, -0.25) is 24.0 Å². The van der Waals surface area contributed by atoms with E-state index < -0.39 is 81.0 Å². The largest absolute Gasteiger partial charge is 0.507 e. The number of benzene rings is 2. The Morgan fingerprint density at radius 1 is 0.932 bits per heavy atom. The molecule has 234 valence electrons. The van der Waals surface area contributed by atoms with Crippen LogP contribution in [0.5, 0.6) is 5.75 Å². The molecule has 0 aliphatic heterocycles. The number of aliphatic hydroxyl groups is 2. The maximum atomic E-state index is 14.5. The lowest BCUT2D eigenvalue weighted by Gasteiger charge is -2.65. The molecular formula is C36H42O8. The van der Waals surface area contributed by atoms with Crippen LogP contribution >= 0.6 is 0 Å². The average molecular weight is 603 g/mol. The molecule has 0 aromatic heterocycles. The lowest BCUT2D eigenvalue weighted by molar-refractivity contribution is -0.240. The van der Waals surface area contributed by atoms with Crippen molar-refractivity contribution >= 4 is 28.9 Å². The van der Waals surface area contributed by atoms with Gasteiger partial charge in [0, 0.05) is 16.7 Å². The molecule has 2 aromatic carbocycles. The minimum Gasteiger partial charge on any atom is -0.507 e. The molecule has 0 spiro atoms. The molecule has 8 nitrogen and oxygen atoms in total. The summed E-state index contributed by atoms with van der Waals surface area (Å²) >= 11 is 0. The van der Waals surface area contributed by atoms with Crippen molar-refractivity contribution < 1.29 is 39.3 Å². The van der Waals surface area contributed by atoms with Crippen LogP contribution in [0, 0.1) is 34.5 Å². The van der Waals surface area contributed by atoms with Gasteiger partial charge in [-0.2, -0.15) is 0 Å². The van der Waals surface area contributed by atoms with E-state index in [1.54, 1.807) is 39.8 Å². The third kappa shape index (κ3) is 4.06. The Morgan fingerprint density at radius 2 is 1.55 bits per heavy atom. The standard InChI is InChI=1S/C36H42O8/c1-18(2)26-29(39)24(20(4)37)31(41)36(44)32(42)27-30(40)25-23(19(3)34(27,5)33(43)35(26,36)6)17-16-22(28(25)38)15-11-10-14-21-12-8-7-9-13-21/h7-9,12-13,16-19,24,26-27,33,38,43-44H,10-11,14-15H2,1-6H3/t19-,24?,26?,27?,33-,34+,35+,36+/m1/s1. The molecule has 44 heavy (non-hydrogen) atoms. The van der Waals surface area contributed by atoms with Crippen LogP contribution in [0.25, 0.3) is 0 Å². The lowest BCUT2D eigenvalue weighted by atomic mass is 9.37. The third-order valence-corrected chi connectivity index (χ3v) is 11.3. The molecular weight excluding hydrogens is 560 g/mol. The Bertz CT molecular complexity index is 1560. The van der Waals surface area contributed by atoms with Crippen LogP contribution in [-0.2, 0) is 32.0 Å². The molecule has 5 rings (SSSR count). The first-order chi connectivity index (χ1) is 20.6. The van der Waals surface area contributed by atoms with Gasteiger partial charge in [0.05, 0.1) is 17.6 Å². The van der Waals surface area contributed by atoms with E-state index in [4.69, 9.17) is 0 Å². The smallest absolute Gasteiger partial charge is 0.191 e. The highest BCUT2D eigenvalue weighted by molar-refractivity contribution is 6.33. The van der Waals surface area contributed by atoms with Gasteiger partial charge in [0.2, 0.25) is 0 Å². The molecule has 2 fully saturated rings. The number of carbonyl (C=O) groups is 5. The fraction of sp³-hybridized carbons (Fsp3) is 0.528. The van der Waals surface area contributed by atoms with Crippen molar-refractivity contribution in [1.29, 1.82) is 0 Å². The van der Waals surface area contributed by atoms with Crippen LogP contribution in [0.1, 0.15) is 87.4 Å². The topological polar surface area (TPSA) is 146 Å². The number of unbranched alkanes of at least 4 members (excludes halogenated alkanes) is 1. The van der Waals surface area contributed by atoms with E-state index in [0.29, 0.717) is 17.5 Å². The number of ketones is 5. The van der Waals surface area contributed by atoms with Crippen LogP contribution in [0.3, 0.4) is 0 Å². The van der Waals surface area contributed by atoms with E-state index in [1.165, 1.54) is 12.5 Å². The van der Waals surface area contributed by atoms with Gasteiger partial charge >= 0.3 is 0 Å². The maximum absolute atomic E-state index is 14.5. The van der Waals surface area contributed by atoms with Crippen LogP contribution in [-0.4, -0.2) is 55.9 Å². The number of carbonyl (C=O) groups excluding carboxylic acids is 5. The molecule has 2 saturated carbocycles. The Balaban J connectivity index is 1.58. The van der Waals surface area contributed by atoms with Crippen molar-refractivity contribution in [2.45, 2.75) is 84.8 Å². The molecule has 8 heteroatoms. The lowest BCUT2D eigenvalue weighted by Crippen LogP contribution is -2.81. The molecule has 0 bridgehead atoms. The van der Waals surface area contributed by atoms with Gasteiger partial charge in [-0.15, -0.1) is 0 Å². The summed E-state index contributed by atoms with van der Waals surface area (Å²) in [7, 11) is 0. The molecule has 0 heterocycles. The Morgan fingerprint density at radius 3 is 2.14 bits per heavy atom. The van der Waals surface area contributed by atoms with Crippen molar-refractivity contribution in [3.05, 3.63) is 64.7 Å². The van der Waals surface area contributed by atoms with Gasteiger partial charge in [0.1, 0.15) is 17.5 Å². The number of fused-ring (bicyclic) bond motifs is 3. The van der Waals surface area contributed by atoms with Crippen molar-refractivity contribution in [2.75, 3.05) is 0 Å². The summed E-state index contributed by atoms with van der Waals surface area (Å²) in [5.74, 6) is -11.0. The normalized spacial score (nSPS) is 34.9. The number of rotatable bonds is 7. The van der Waals surface area contributed by atoms with Gasteiger partial charge in [-0.25, -0.2) is 0 Å². The van der Waals surface area contributed by atoms with Gasteiger partial charge in [0.15, 0.2) is 28.7 Å². The first kappa shape index (κ1) is 31.9. The summed E-state index contributed by atoms with van der Waals surface area (Å²) in [6.45, 7) is 9.09. The van der Waals surface area contributed by atoms with E-state index in [1.807, 2.05) is 18.2 Å². The van der Waals surface area contributed by atoms with Gasteiger partial charge in [-0.1, -0.05) is 77.1 Å². The van der Waals surface area contributed by atoms with E-state index in [0.717, 1.165) is 26.2 Å². The van der Waals surface area contributed by atoms with Crippen LogP contribution in [0.15, 0.2) is 42.5 Å². The van der Waals surface area contributed by atoms with Crippen LogP contribution in [0.2, 0.25) is 0 Å². The van der Waals surface area contributed by atoms with Gasteiger partial charge in [0.25, 0.3) is 0 Å². The van der Waals surface area contributed by atoms with Crippen LogP contribution in [0.4, 0.5) is 0 Å². The minimum atomic E-state index is -2.96. The second kappa shape index (κ2) is 10.8. The number of hydrogen-bond acceptors (Lipinski definition) is 8. The molecule has 2 aromatic rings. The highest BCUT2D eigenvalue weighted by atomic mass is 16.3. The van der Waals surface area contributed by atoms with E-state index >= 15 is 0 Å². The predicted molar refractivity (Wildman–Crippen MR) is 162 cm³/mol. The summed E-state index contributed by atoms with van der Waals surface area (Å²) in [5, 5.41) is 35.9. The molecule has 0 radical (unpaired) electrons. The first-order valence-electron chi connectivity index (χ1n) is 15.5. The van der Waals surface area contributed by atoms with Gasteiger partial charge in [-0.05, 0) is 61.1 Å². The molecule has 3 N–H and O–H groups in total. The number of phenolic OH excluding ortho intramolecular Hbond substituents is 1. The number of aromatic hydroxyl groups is 1. The molecule has 3 unspecified atom stereocenters. The van der Waals surface area contributed by atoms with Gasteiger partial charge < -0.3 is 15.3 Å². The third-order valence-electron chi connectivity index (χ3n) is 11.3. The monoisotopic (exact) mass is 602 g/mol. The number of hydrogen-bond donors (Lipinski definition) is 3. The number of aryl methyl sites for hydroxylation is 2. The zero-order valence-corrected chi connectivity index (χ0v) is 26.2. The fourth-order valence-corrected chi connectivity index (χ4v) is 8.89. The average Bonchev–Trinajstić information content (AvgIpc) is 2.96. The number of phenols is 1. The minimum absolute atomic E-state index is 0.0452. The molecule has 3 aliphatic rings. The molecule has 3 aliphatic carbocycles. The van der Waals surface area contributed by atoms with Crippen molar-refractivity contribution in [3.63, 3.8) is 0 Å². The quantitative estimate of drug-likeness (QED) is 0.316. The molecule has 0 amide bonds. The first-order valence-corrected chi connectivity index (χ1v) is 15.5. The second-order valence-corrected chi connectivity index (χ2v) is 13.9. The SMILES string of the molecule is CC(=O)C1C(=O)C(C(C)C)[C@@]2(C)[C@H](O)[C@]3(C)C(C(=O)c4c(ccc(CCCCc5ccccc5)c4O)[C@H]3C)C(=O)[C@@]2(O)C1=O. The summed E-state index contributed by atoms with van der Waals surface area (Å²) in [5.41, 5.74) is -4.33.